The number of hydrogen-bond donors (Lipinski definition) is 2. The van der Waals surface area contributed by atoms with Gasteiger partial charge in [0.15, 0.2) is 6.54 Å². The Morgan fingerprint density at radius 2 is 1.89 bits per heavy atom. The molecule has 2 amide bonds. The molecule has 0 aromatic heterocycles. The number of carbonyl (C=O) groups is 2. The molecule has 0 bridgehead atoms. The highest BCUT2D eigenvalue weighted by atomic mass is 19.4. The van der Waals surface area contributed by atoms with E-state index in [4.69, 9.17) is 0 Å². The van der Waals surface area contributed by atoms with Gasteiger partial charge in [-0.15, -0.1) is 0 Å². The van der Waals surface area contributed by atoms with Crippen molar-refractivity contribution in [2.24, 2.45) is 5.92 Å². The van der Waals surface area contributed by atoms with E-state index in [2.05, 4.69) is 17.5 Å². The summed E-state index contributed by atoms with van der Waals surface area (Å²) in [6.07, 6.45) is 2.27. The Balaban J connectivity index is 1.46. The van der Waals surface area contributed by atoms with Gasteiger partial charge in [-0.05, 0) is 30.9 Å². The van der Waals surface area contributed by atoms with Gasteiger partial charge in [-0.25, -0.2) is 0 Å². The lowest BCUT2D eigenvalue weighted by molar-refractivity contribution is -0.895. The highest BCUT2D eigenvalue weighted by Gasteiger charge is 2.34. The number of carbonyl (C=O) groups excluding carboxylic acids is 2. The number of anilines is 1. The first kappa shape index (κ1) is 20.4. The average molecular weight is 396 g/mol. The van der Waals surface area contributed by atoms with Crippen molar-refractivity contribution in [3.05, 3.63) is 42.0 Å². The number of benzene rings is 1. The zero-order chi connectivity index (χ0) is 20.1. The smallest absolute Gasteiger partial charge is 0.331 e. The number of nitrogens with zero attached hydrogens (tertiary/aromatic N) is 1. The molecule has 0 spiro atoms. The van der Waals surface area contributed by atoms with E-state index in [0.717, 1.165) is 23.8 Å². The maximum absolute atomic E-state index is 13.0. The Labute approximate surface area is 162 Å². The minimum absolute atomic E-state index is 0.0829. The van der Waals surface area contributed by atoms with Crippen molar-refractivity contribution in [2.45, 2.75) is 25.4 Å². The zero-order valence-electron chi connectivity index (χ0n) is 15.6. The second kappa shape index (κ2) is 8.77. The van der Waals surface area contributed by atoms with Crippen LogP contribution in [0.3, 0.4) is 0 Å². The minimum Gasteiger partial charge on any atom is -0.331 e. The van der Waals surface area contributed by atoms with Gasteiger partial charge in [0.05, 0.1) is 37.4 Å². The van der Waals surface area contributed by atoms with E-state index >= 15 is 0 Å². The summed E-state index contributed by atoms with van der Waals surface area (Å²) in [6.45, 7) is 2.44. The monoisotopic (exact) mass is 396 g/mol. The third kappa shape index (κ3) is 5.34. The second-order valence-corrected chi connectivity index (χ2v) is 7.37. The number of para-hydroxylation sites is 1. The number of rotatable bonds is 5. The molecular formula is C20H25F3N3O2+. The maximum Gasteiger partial charge on any atom is 0.418 e. The van der Waals surface area contributed by atoms with E-state index in [1.165, 1.54) is 18.2 Å². The molecule has 3 rings (SSSR count). The third-order valence-corrected chi connectivity index (χ3v) is 5.29. The predicted molar refractivity (Wildman–Crippen MR) is 98.7 cm³/mol. The summed E-state index contributed by atoms with van der Waals surface area (Å²) >= 11 is 0. The van der Waals surface area contributed by atoms with Crippen LogP contribution < -0.4 is 10.2 Å². The summed E-state index contributed by atoms with van der Waals surface area (Å²) in [5.74, 6) is 0.0130. The number of quaternary nitrogens is 1. The van der Waals surface area contributed by atoms with Crippen LogP contribution in [0.5, 0.6) is 0 Å². The van der Waals surface area contributed by atoms with Gasteiger partial charge >= 0.3 is 6.18 Å². The molecule has 28 heavy (non-hydrogen) atoms. The predicted octanol–water partition coefficient (Wildman–Crippen LogP) is 1.73. The molecule has 0 radical (unpaired) electrons. The first-order valence-electron chi connectivity index (χ1n) is 9.57. The van der Waals surface area contributed by atoms with Gasteiger partial charge < -0.3 is 15.1 Å². The molecule has 1 atom stereocenters. The van der Waals surface area contributed by atoms with Crippen molar-refractivity contribution in [3.8, 4) is 0 Å². The molecule has 152 valence electrons. The SMILES string of the molecule is O=C(C[NH+]1CCN(C(=O)C[C@H]2C=CCC2)CC1)Nc1ccccc1C(F)(F)F. The first-order valence-corrected chi connectivity index (χ1v) is 9.57. The summed E-state index contributed by atoms with van der Waals surface area (Å²) in [7, 11) is 0. The first-order chi connectivity index (χ1) is 13.3. The van der Waals surface area contributed by atoms with E-state index in [-0.39, 0.29) is 18.1 Å². The lowest BCUT2D eigenvalue weighted by Crippen LogP contribution is -3.15. The Kier molecular flexibility index (Phi) is 6.39. The van der Waals surface area contributed by atoms with Crippen LogP contribution in [0.1, 0.15) is 24.8 Å². The van der Waals surface area contributed by atoms with E-state index in [0.29, 0.717) is 38.5 Å². The van der Waals surface area contributed by atoms with Crippen molar-refractivity contribution in [1.82, 2.24) is 4.90 Å². The number of amides is 2. The van der Waals surface area contributed by atoms with Gasteiger partial charge in [-0.3, -0.25) is 9.59 Å². The summed E-state index contributed by atoms with van der Waals surface area (Å²) in [5.41, 5.74) is -1.08. The molecule has 1 aliphatic heterocycles. The van der Waals surface area contributed by atoms with Gasteiger partial charge in [-0.2, -0.15) is 13.2 Å². The largest absolute Gasteiger partial charge is 0.418 e. The average Bonchev–Trinajstić information content (AvgIpc) is 3.14. The van der Waals surface area contributed by atoms with Crippen LogP contribution in [0.15, 0.2) is 36.4 Å². The van der Waals surface area contributed by atoms with Crippen LogP contribution in [0.25, 0.3) is 0 Å². The molecule has 1 heterocycles. The minimum atomic E-state index is -4.52. The molecule has 2 aliphatic rings. The van der Waals surface area contributed by atoms with Crippen LogP contribution in [0.4, 0.5) is 18.9 Å². The molecule has 2 N–H and O–H groups in total. The molecule has 5 nitrogen and oxygen atoms in total. The zero-order valence-corrected chi connectivity index (χ0v) is 15.6. The van der Waals surface area contributed by atoms with Crippen LogP contribution in [0, 0.1) is 5.92 Å². The van der Waals surface area contributed by atoms with Gasteiger partial charge in [0, 0.05) is 6.42 Å². The van der Waals surface area contributed by atoms with E-state index in [1.807, 2.05) is 4.90 Å². The standard InChI is InChI=1S/C20H24F3N3O2/c21-20(22,23)16-7-3-4-8-17(16)24-18(27)14-25-9-11-26(12-10-25)19(28)13-15-5-1-2-6-15/h1,3-5,7-8,15H,2,6,9-14H2,(H,24,27)/p+1/t15-/m0/s1. The van der Waals surface area contributed by atoms with Gasteiger partial charge in [0.25, 0.3) is 5.91 Å². The maximum atomic E-state index is 13.0. The molecule has 1 fully saturated rings. The van der Waals surface area contributed by atoms with Crippen LogP contribution in [0.2, 0.25) is 0 Å². The summed E-state index contributed by atoms with van der Waals surface area (Å²) < 4.78 is 39.1. The van der Waals surface area contributed by atoms with Crippen LogP contribution in [-0.2, 0) is 15.8 Å². The van der Waals surface area contributed by atoms with Crippen molar-refractivity contribution in [1.29, 1.82) is 0 Å². The van der Waals surface area contributed by atoms with Gasteiger partial charge in [-0.1, -0.05) is 24.3 Å². The summed E-state index contributed by atoms with van der Waals surface area (Å²) in [4.78, 5) is 27.4. The Morgan fingerprint density at radius 3 is 2.54 bits per heavy atom. The summed E-state index contributed by atoms with van der Waals surface area (Å²) in [6, 6.07) is 4.96. The van der Waals surface area contributed by atoms with E-state index in [1.54, 1.807) is 0 Å². The van der Waals surface area contributed by atoms with Crippen molar-refractivity contribution >= 4 is 17.5 Å². The molecule has 1 saturated heterocycles. The number of alkyl halides is 3. The van der Waals surface area contributed by atoms with E-state index < -0.39 is 17.6 Å². The number of allylic oxidation sites excluding steroid dienone is 2. The van der Waals surface area contributed by atoms with Gasteiger partial charge in [0.1, 0.15) is 0 Å². The molecule has 0 unspecified atom stereocenters. The number of halogens is 3. The highest BCUT2D eigenvalue weighted by Crippen LogP contribution is 2.34. The third-order valence-electron chi connectivity index (χ3n) is 5.29. The number of nitrogens with one attached hydrogen (secondary N) is 2. The normalized spacial score (nSPS) is 20.4. The van der Waals surface area contributed by atoms with Crippen LogP contribution >= 0.6 is 0 Å². The fourth-order valence-corrected chi connectivity index (χ4v) is 3.73. The molecule has 8 heteroatoms. The fraction of sp³-hybridized carbons (Fsp3) is 0.500. The van der Waals surface area contributed by atoms with Crippen molar-refractivity contribution in [3.63, 3.8) is 0 Å². The number of hydrogen-bond acceptors (Lipinski definition) is 2. The molecule has 1 aliphatic carbocycles. The summed E-state index contributed by atoms with van der Waals surface area (Å²) in [5, 5.41) is 2.38. The van der Waals surface area contributed by atoms with Crippen molar-refractivity contribution < 1.29 is 27.7 Å². The van der Waals surface area contributed by atoms with Crippen molar-refractivity contribution in [2.75, 3.05) is 38.0 Å². The molecular weight excluding hydrogens is 371 g/mol. The number of piperazine rings is 1. The highest BCUT2D eigenvalue weighted by molar-refractivity contribution is 5.92. The lowest BCUT2D eigenvalue weighted by atomic mass is 10.0. The second-order valence-electron chi connectivity index (χ2n) is 7.37. The lowest BCUT2D eigenvalue weighted by Gasteiger charge is -2.32. The Morgan fingerprint density at radius 1 is 1.18 bits per heavy atom. The molecule has 0 saturated carbocycles. The van der Waals surface area contributed by atoms with E-state index in [9.17, 15) is 22.8 Å². The topological polar surface area (TPSA) is 53.9 Å². The van der Waals surface area contributed by atoms with Crippen LogP contribution in [-0.4, -0.2) is 49.4 Å². The quantitative estimate of drug-likeness (QED) is 0.745. The Bertz CT molecular complexity index is 740. The Hall–Kier alpha value is -2.35. The van der Waals surface area contributed by atoms with Gasteiger partial charge in [0.2, 0.25) is 5.91 Å². The molecule has 1 aromatic rings. The fourth-order valence-electron chi connectivity index (χ4n) is 3.73. The molecule has 1 aromatic carbocycles.